The van der Waals surface area contributed by atoms with Gasteiger partial charge in [0.2, 0.25) is 5.88 Å². The molecule has 120 valence electrons. The summed E-state index contributed by atoms with van der Waals surface area (Å²) in [6.45, 7) is 4.05. The second kappa shape index (κ2) is 6.25. The summed E-state index contributed by atoms with van der Waals surface area (Å²) in [6.07, 6.45) is 7.11. The molecule has 0 aliphatic carbocycles. The molecule has 0 unspecified atom stereocenters. The van der Waals surface area contributed by atoms with Crippen molar-refractivity contribution in [1.82, 2.24) is 24.3 Å². The Hall–Kier alpha value is -1.99. The van der Waals surface area contributed by atoms with Gasteiger partial charge in [-0.3, -0.25) is 0 Å². The average molecular weight is 329 g/mol. The monoisotopic (exact) mass is 329 g/mol. The molecule has 1 aliphatic heterocycles. The van der Waals surface area contributed by atoms with E-state index in [0.717, 1.165) is 54.1 Å². The van der Waals surface area contributed by atoms with Crippen molar-refractivity contribution in [2.24, 2.45) is 0 Å². The third-order valence-electron chi connectivity index (χ3n) is 4.04. The molecule has 0 saturated carbocycles. The molecule has 23 heavy (non-hydrogen) atoms. The second-order valence-corrected chi connectivity index (χ2v) is 6.65. The predicted molar refractivity (Wildman–Crippen MR) is 90.0 cm³/mol. The fourth-order valence-corrected chi connectivity index (χ4v) is 3.56. The molecule has 4 rings (SSSR count). The molecule has 1 atom stereocenters. The number of aromatic nitrogens is 4. The van der Waals surface area contributed by atoms with Crippen LogP contribution in [0.15, 0.2) is 24.5 Å². The van der Waals surface area contributed by atoms with Crippen molar-refractivity contribution in [2.45, 2.75) is 32.3 Å². The molecule has 0 radical (unpaired) electrons. The lowest BCUT2D eigenvalue weighted by Gasteiger charge is -2.17. The van der Waals surface area contributed by atoms with E-state index in [0.29, 0.717) is 5.88 Å². The van der Waals surface area contributed by atoms with Crippen LogP contribution in [0, 0.1) is 6.92 Å². The van der Waals surface area contributed by atoms with Crippen LogP contribution in [0.4, 0.5) is 0 Å². The average Bonchev–Trinajstić information content (AvgIpc) is 3.11. The Morgan fingerprint density at radius 2 is 2.30 bits per heavy atom. The van der Waals surface area contributed by atoms with Crippen LogP contribution in [0.25, 0.3) is 16.1 Å². The maximum absolute atomic E-state index is 6.25. The molecule has 6 nitrogen and oxygen atoms in total. The Balaban J connectivity index is 1.70. The highest BCUT2D eigenvalue weighted by molar-refractivity contribution is 7.09. The largest absolute Gasteiger partial charge is 0.473 e. The van der Waals surface area contributed by atoms with Crippen LogP contribution in [-0.2, 0) is 0 Å². The third-order valence-corrected chi connectivity index (χ3v) is 4.94. The topological polar surface area (TPSA) is 64.3 Å². The normalized spacial score (nSPS) is 18.9. The number of nitrogens with one attached hydrogen (secondary N) is 1. The molecule has 7 heteroatoms. The number of ether oxygens (including phenoxy) is 1. The van der Waals surface area contributed by atoms with Gasteiger partial charge in [-0.2, -0.15) is 9.47 Å². The first-order valence-electron chi connectivity index (χ1n) is 7.95. The van der Waals surface area contributed by atoms with Gasteiger partial charge in [-0.05, 0) is 62.9 Å². The van der Waals surface area contributed by atoms with Gasteiger partial charge in [-0.1, -0.05) is 0 Å². The SMILES string of the molecule is Cc1cc(-c2cn3nccc3c(O[C@@H]3CCCNCC3)n2)sn1. The van der Waals surface area contributed by atoms with E-state index >= 15 is 0 Å². The van der Waals surface area contributed by atoms with Crippen molar-refractivity contribution in [1.29, 1.82) is 0 Å². The van der Waals surface area contributed by atoms with E-state index in [2.05, 4.69) is 14.8 Å². The zero-order valence-electron chi connectivity index (χ0n) is 13.0. The molecular formula is C16H19N5OS. The molecule has 0 spiro atoms. The van der Waals surface area contributed by atoms with Gasteiger partial charge in [0.15, 0.2) is 0 Å². The van der Waals surface area contributed by atoms with Crippen molar-refractivity contribution in [3.63, 3.8) is 0 Å². The molecule has 1 N–H and O–H groups in total. The van der Waals surface area contributed by atoms with Crippen LogP contribution < -0.4 is 10.1 Å². The highest BCUT2D eigenvalue weighted by Gasteiger charge is 2.18. The summed E-state index contributed by atoms with van der Waals surface area (Å²) in [6, 6.07) is 3.99. The van der Waals surface area contributed by atoms with E-state index in [1.165, 1.54) is 11.5 Å². The molecule has 3 aromatic heterocycles. The Labute approximate surface area is 138 Å². The number of aryl methyl sites for hydroxylation is 1. The van der Waals surface area contributed by atoms with Gasteiger partial charge in [-0.25, -0.2) is 9.50 Å². The second-order valence-electron chi connectivity index (χ2n) is 5.85. The summed E-state index contributed by atoms with van der Waals surface area (Å²) < 4.78 is 12.4. The highest BCUT2D eigenvalue weighted by atomic mass is 32.1. The van der Waals surface area contributed by atoms with Crippen LogP contribution in [-0.4, -0.2) is 38.2 Å². The Morgan fingerprint density at radius 1 is 1.35 bits per heavy atom. The molecule has 1 aliphatic rings. The van der Waals surface area contributed by atoms with Crippen molar-refractivity contribution >= 4 is 17.0 Å². The lowest BCUT2D eigenvalue weighted by Crippen LogP contribution is -2.20. The minimum Gasteiger partial charge on any atom is -0.473 e. The lowest BCUT2D eigenvalue weighted by molar-refractivity contribution is 0.182. The maximum atomic E-state index is 6.25. The van der Waals surface area contributed by atoms with Crippen LogP contribution in [0.3, 0.4) is 0 Å². The fraction of sp³-hybridized carbons (Fsp3) is 0.438. The minimum absolute atomic E-state index is 0.203. The van der Waals surface area contributed by atoms with Gasteiger partial charge in [-0.15, -0.1) is 0 Å². The van der Waals surface area contributed by atoms with Gasteiger partial charge < -0.3 is 10.1 Å². The molecule has 1 saturated heterocycles. The Kier molecular flexibility index (Phi) is 3.97. The molecular weight excluding hydrogens is 310 g/mol. The van der Waals surface area contributed by atoms with Crippen molar-refractivity contribution < 1.29 is 4.74 Å². The first-order valence-corrected chi connectivity index (χ1v) is 8.72. The number of rotatable bonds is 3. The third kappa shape index (κ3) is 3.07. The van der Waals surface area contributed by atoms with Gasteiger partial charge >= 0.3 is 0 Å². The minimum atomic E-state index is 0.203. The summed E-state index contributed by atoms with van der Waals surface area (Å²) in [4.78, 5) is 5.78. The van der Waals surface area contributed by atoms with Crippen LogP contribution in [0.2, 0.25) is 0 Å². The number of hydrogen-bond acceptors (Lipinski definition) is 6. The van der Waals surface area contributed by atoms with E-state index < -0.39 is 0 Å². The van der Waals surface area contributed by atoms with E-state index in [4.69, 9.17) is 9.72 Å². The lowest BCUT2D eigenvalue weighted by atomic mass is 10.1. The molecule has 1 fully saturated rings. The van der Waals surface area contributed by atoms with E-state index in [1.54, 1.807) is 6.20 Å². The first kappa shape index (κ1) is 14.6. The molecule has 0 aromatic carbocycles. The van der Waals surface area contributed by atoms with Gasteiger partial charge in [0.05, 0.1) is 23.0 Å². The van der Waals surface area contributed by atoms with Gasteiger partial charge in [0, 0.05) is 0 Å². The quantitative estimate of drug-likeness (QED) is 0.800. The zero-order valence-corrected chi connectivity index (χ0v) is 13.8. The number of nitrogens with zero attached hydrogens (tertiary/aromatic N) is 4. The van der Waals surface area contributed by atoms with E-state index in [1.807, 2.05) is 29.8 Å². The summed E-state index contributed by atoms with van der Waals surface area (Å²) in [5, 5.41) is 7.76. The predicted octanol–water partition coefficient (Wildman–Crippen LogP) is 2.68. The summed E-state index contributed by atoms with van der Waals surface area (Å²) in [5.41, 5.74) is 2.77. The maximum Gasteiger partial charge on any atom is 0.240 e. The Morgan fingerprint density at radius 3 is 3.17 bits per heavy atom. The van der Waals surface area contributed by atoms with Gasteiger partial charge in [0.1, 0.15) is 17.3 Å². The summed E-state index contributed by atoms with van der Waals surface area (Å²) in [7, 11) is 0. The smallest absolute Gasteiger partial charge is 0.240 e. The van der Waals surface area contributed by atoms with Crippen LogP contribution in [0.1, 0.15) is 25.0 Å². The van der Waals surface area contributed by atoms with Crippen molar-refractivity contribution in [3.05, 3.63) is 30.2 Å². The van der Waals surface area contributed by atoms with E-state index in [9.17, 15) is 0 Å². The number of fused-ring (bicyclic) bond motifs is 1. The zero-order chi connectivity index (χ0) is 15.6. The summed E-state index contributed by atoms with van der Waals surface area (Å²) >= 11 is 1.45. The van der Waals surface area contributed by atoms with Crippen LogP contribution in [0.5, 0.6) is 5.88 Å². The highest BCUT2D eigenvalue weighted by Crippen LogP contribution is 2.28. The molecule has 0 bridgehead atoms. The standard InChI is InChI=1S/C16H19N5OS/c1-11-9-15(23-20-11)13-10-21-14(5-8-18-21)16(19-13)22-12-3-2-6-17-7-4-12/h5,8-10,12,17H,2-4,6-7H2,1H3/t12-/m1/s1. The van der Waals surface area contributed by atoms with E-state index in [-0.39, 0.29) is 6.10 Å². The molecule has 4 heterocycles. The van der Waals surface area contributed by atoms with Gasteiger partial charge in [0.25, 0.3) is 0 Å². The Bertz CT molecular complexity index is 804. The molecule has 0 amide bonds. The van der Waals surface area contributed by atoms with Crippen molar-refractivity contribution in [3.8, 4) is 16.5 Å². The molecule has 3 aromatic rings. The summed E-state index contributed by atoms with van der Waals surface area (Å²) in [5.74, 6) is 0.665. The number of hydrogen-bond donors (Lipinski definition) is 1. The fourth-order valence-electron chi connectivity index (χ4n) is 2.85. The first-order chi connectivity index (χ1) is 11.3. The van der Waals surface area contributed by atoms with Crippen molar-refractivity contribution in [2.75, 3.05) is 13.1 Å². The van der Waals surface area contributed by atoms with Crippen LogP contribution >= 0.6 is 11.5 Å².